The number of amides is 2. The molecule has 0 spiro atoms. The molecule has 0 bridgehead atoms. The second kappa shape index (κ2) is 6.31. The number of nitrogens with zero attached hydrogens (tertiary/aromatic N) is 1. The van der Waals surface area contributed by atoms with Crippen molar-refractivity contribution in [2.45, 2.75) is 32.5 Å². The minimum Gasteiger partial charge on any atom is -0.504 e. The van der Waals surface area contributed by atoms with Crippen LogP contribution in [0.1, 0.15) is 25.8 Å². The molecule has 0 aliphatic rings. The number of fused-ring (bicyclic) bond motifs is 1. The topological polar surface area (TPSA) is 74.2 Å². The molecule has 3 N–H and O–H groups in total. The van der Waals surface area contributed by atoms with Gasteiger partial charge in [0.2, 0.25) is 5.76 Å². The number of urea groups is 1. The molecule has 1 aromatic heterocycles. The van der Waals surface area contributed by atoms with Crippen molar-refractivity contribution in [3.63, 3.8) is 0 Å². The molecule has 130 valence electrons. The molecule has 0 saturated heterocycles. The van der Waals surface area contributed by atoms with Gasteiger partial charge >= 0.3 is 12.2 Å². The number of thiazole rings is 1. The maximum absolute atomic E-state index is 12.3. The van der Waals surface area contributed by atoms with Crippen LogP contribution in [-0.4, -0.2) is 27.8 Å². The minimum atomic E-state index is -4.81. The van der Waals surface area contributed by atoms with Gasteiger partial charge in [0.1, 0.15) is 5.01 Å². The van der Waals surface area contributed by atoms with Crippen LogP contribution in [0.25, 0.3) is 16.3 Å². The van der Waals surface area contributed by atoms with E-state index in [1.807, 2.05) is 20.8 Å². The highest BCUT2D eigenvalue weighted by Crippen LogP contribution is 2.30. The van der Waals surface area contributed by atoms with Crippen LogP contribution < -0.4 is 10.6 Å². The molecule has 0 saturated carbocycles. The van der Waals surface area contributed by atoms with Crippen LogP contribution in [0.4, 0.5) is 23.7 Å². The third-order valence-corrected chi connectivity index (χ3v) is 3.67. The third-order valence-electron chi connectivity index (χ3n) is 2.70. The van der Waals surface area contributed by atoms with Gasteiger partial charge in [-0.3, -0.25) is 0 Å². The minimum absolute atomic E-state index is 0.0242. The lowest BCUT2D eigenvalue weighted by Gasteiger charge is -2.20. The monoisotopic (exact) mass is 359 g/mol. The first-order valence-electron chi connectivity index (χ1n) is 6.92. The fourth-order valence-corrected chi connectivity index (χ4v) is 2.73. The van der Waals surface area contributed by atoms with E-state index in [0.717, 1.165) is 11.3 Å². The van der Waals surface area contributed by atoms with Crippen LogP contribution in [0.15, 0.2) is 24.0 Å². The molecule has 0 unspecified atom stereocenters. The van der Waals surface area contributed by atoms with E-state index in [-0.39, 0.29) is 11.0 Å². The molecule has 1 aromatic carbocycles. The van der Waals surface area contributed by atoms with Crippen LogP contribution in [0.3, 0.4) is 0 Å². The molecule has 2 rings (SSSR count). The molecule has 0 aliphatic heterocycles. The summed E-state index contributed by atoms with van der Waals surface area (Å²) in [4.78, 5) is 15.8. The van der Waals surface area contributed by atoms with E-state index in [0.29, 0.717) is 22.0 Å². The van der Waals surface area contributed by atoms with Gasteiger partial charge < -0.3 is 15.7 Å². The van der Waals surface area contributed by atoms with Crippen molar-refractivity contribution in [3.8, 4) is 0 Å². The lowest BCUT2D eigenvalue weighted by atomic mass is 10.1. The number of alkyl halides is 3. The van der Waals surface area contributed by atoms with E-state index in [4.69, 9.17) is 5.11 Å². The zero-order valence-electron chi connectivity index (χ0n) is 13.2. The van der Waals surface area contributed by atoms with Gasteiger partial charge in [-0.15, -0.1) is 11.3 Å². The number of hydrogen-bond acceptors (Lipinski definition) is 4. The number of halogens is 3. The van der Waals surface area contributed by atoms with E-state index >= 15 is 0 Å². The molecule has 0 fully saturated rings. The van der Waals surface area contributed by atoms with Crippen LogP contribution in [0.2, 0.25) is 0 Å². The number of anilines is 1. The highest BCUT2D eigenvalue weighted by atomic mass is 32.1. The van der Waals surface area contributed by atoms with Gasteiger partial charge in [-0.25, -0.2) is 9.78 Å². The van der Waals surface area contributed by atoms with Gasteiger partial charge in [0.15, 0.2) is 0 Å². The Balaban J connectivity index is 2.22. The summed E-state index contributed by atoms with van der Waals surface area (Å²) in [6, 6.07) is 4.40. The molecule has 24 heavy (non-hydrogen) atoms. The van der Waals surface area contributed by atoms with Crippen molar-refractivity contribution < 1.29 is 23.1 Å². The quantitative estimate of drug-likeness (QED) is 0.682. The van der Waals surface area contributed by atoms with E-state index < -0.39 is 17.5 Å². The smallest absolute Gasteiger partial charge is 0.448 e. The number of aliphatic hydroxyl groups excluding tert-OH is 1. The van der Waals surface area contributed by atoms with Crippen LogP contribution >= 0.6 is 11.3 Å². The standard InChI is InChI=1S/C15H16F3N3O2S/c1-14(2,3)21-13(23)19-8-4-5-9-10(6-8)24-12(20-9)7-11(22)15(16,17)18/h4-7,22H,1-3H3,(H2,19,21,23)/b11-7-. The van der Waals surface area contributed by atoms with Crippen molar-refractivity contribution in [2.75, 3.05) is 5.32 Å². The maximum Gasteiger partial charge on any atom is 0.448 e. The highest BCUT2D eigenvalue weighted by molar-refractivity contribution is 7.19. The maximum atomic E-state index is 12.3. The number of carbonyl (C=O) groups excluding carboxylic acids is 1. The van der Waals surface area contributed by atoms with Gasteiger partial charge in [-0.1, -0.05) is 0 Å². The number of nitrogens with one attached hydrogen (secondary N) is 2. The van der Waals surface area contributed by atoms with Gasteiger partial charge in [-0.2, -0.15) is 13.2 Å². The Morgan fingerprint density at radius 3 is 2.54 bits per heavy atom. The van der Waals surface area contributed by atoms with Crippen molar-refractivity contribution in [1.29, 1.82) is 0 Å². The number of hydrogen-bond donors (Lipinski definition) is 3. The fraction of sp³-hybridized carbons (Fsp3) is 0.333. The first kappa shape index (κ1) is 18.1. The second-order valence-corrected chi connectivity index (χ2v) is 7.15. The number of carbonyl (C=O) groups is 1. The number of rotatable bonds is 2. The van der Waals surface area contributed by atoms with Gasteiger partial charge in [0.05, 0.1) is 10.2 Å². The summed E-state index contributed by atoms with van der Waals surface area (Å²) in [6.45, 7) is 5.51. The first-order valence-corrected chi connectivity index (χ1v) is 7.73. The summed E-state index contributed by atoms with van der Waals surface area (Å²) in [5.41, 5.74) is 0.567. The summed E-state index contributed by atoms with van der Waals surface area (Å²) < 4.78 is 37.6. The molecule has 0 aliphatic carbocycles. The summed E-state index contributed by atoms with van der Waals surface area (Å²) in [5, 5.41) is 14.4. The Morgan fingerprint density at radius 2 is 1.96 bits per heavy atom. The molecule has 0 atom stereocenters. The molecule has 1 heterocycles. The van der Waals surface area contributed by atoms with Crippen LogP contribution in [-0.2, 0) is 0 Å². The summed E-state index contributed by atoms with van der Waals surface area (Å²) in [5.74, 6) is -1.70. The average molecular weight is 359 g/mol. The van der Waals surface area contributed by atoms with Crippen molar-refractivity contribution in [1.82, 2.24) is 10.3 Å². The van der Waals surface area contributed by atoms with Gasteiger partial charge in [-0.05, 0) is 39.0 Å². The molecule has 5 nitrogen and oxygen atoms in total. The zero-order valence-corrected chi connectivity index (χ0v) is 14.0. The zero-order chi connectivity index (χ0) is 18.1. The second-order valence-electron chi connectivity index (χ2n) is 6.09. The molecule has 9 heteroatoms. The molecular formula is C15H16F3N3O2S. The summed E-state index contributed by atoms with van der Waals surface area (Å²) in [7, 11) is 0. The Kier molecular flexibility index (Phi) is 4.75. The normalized spacial score (nSPS) is 13.2. The van der Waals surface area contributed by atoms with E-state index in [1.165, 1.54) is 0 Å². The van der Waals surface area contributed by atoms with E-state index in [2.05, 4.69) is 15.6 Å². The first-order chi connectivity index (χ1) is 10.9. The number of benzene rings is 1. The number of aliphatic hydroxyl groups is 1. The van der Waals surface area contributed by atoms with Gasteiger partial charge in [0.25, 0.3) is 0 Å². The Labute approximate surface area is 140 Å². The Morgan fingerprint density at radius 1 is 1.29 bits per heavy atom. The lowest BCUT2D eigenvalue weighted by Crippen LogP contribution is -2.43. The highest BCUT2D eigenvalue weighted by Gasteiger charge is 2.34. The predicted octanol–water partition coefficient (Wildman–Crippen LogP) is 4.68. The fourth-order valence-electron chi connectivity index (χ4n) is 1.78. The van der Waals surface area contributed by atoms with E-state index in [9.17, 15) is 18.0 Å². The summed E-state index contributed by atoms with van der Waals surface area (Å²) >= 11 is 0.977. The molecule has 2 amide bonds. The van der Waals surface area contributed by atoms with Crippen LogP contribution in [0, 0.1) is 0 Å². The lowest BCUT2D eigenvalue weighted by molar-refractivity contribution is -0.119. The van der Waals surface area contributed by atoms with Gasteiger partial charge in [0, 0.05) is 17.3 Å². The van der Waals surface area contributed by atoms with Crippen molar-refractivity contribution >= 4 is 39.3 Å². The Hall–Kier alpha value is -2.29. The number of aromatic nitrogens is 1. The third kappa shape index (κ3) is 4.85. The molecular weight excluding hydrogens is 343 g/mol. The van der Waals surface area contributed by atoms with E-state index in [1.54, 1.807) is 18.2 Å². The summed E-state index contributed by atoms with van der Waals surface area (Å²) in [6.07, 6.45) is -4.24. The molecule has 2 aromatic rings. The SMILES string of the molecule is CC(C)(C)NC(=O)Nc1ccc2nc(/C=C(\O)C(F)(F)F)sc2c1. The van der Waals surface area contributed by atoms with Crippen molar-refractivity contribution in [3.05, 3.63) is 29.0 Å². The largest absolute Gasteiger partial charge is 0.504 e. The molecule has 0 radical (unpaired) electrons. The van der Waals surface area contributed by atoms with Crippen LogP contribution in [0.5, 0.6) is 0 Å². The predicted molar refractivity (Wildman–Crippen MR) is 88.2 cm³/mol. The number of allylic oxidation sites excluding steroid dienone is 1. The van der Waals surface area contributed by atoms with Crippen molar-refractivity contribution in [2.24, 2.45) is 0 Å². The average Bonchev–Trinajstić information content (AvgIpc) is 2.76. The Bertz CT molecular complexity index is 791.